The van der Waals surface area contributed by atoms with E-state index < -0.39 is 0 Å². The van der Waals surface area contributed by atoms with Crippen molar-refractivity contribution in [2.24, 2.45) is 23.7 Å². The van der Waals surface area contributed by atoms with Crippen molar-refractivity contribution in [3.63, 3.8) is 0 Å². The van der Waals surface area contributed by atoms with E-state index in [1.165, 1.54) is 459 Å². The summed E-state index contributed by atoms with van der Waals surface area (Å²) in [4.78, 5) is 60.3. The van der Waals surface area contributed by atoms with Crippen LogP contribution in [0.2, 0.25) is 0 Å². The minimum atomic E-state index is 0.672. The molecule has 0 saturated heterocycles. The summed E-state index contributed by atoms with van der Waals surface area (Å²) in [6.45, 7) is 28.4. The molecule has 2 aromatic carbocycles. The molecule has 15 heterocycles. The molecule has 0 N–H and O–H groups in total. The van der Waals surface area contributed by atoms with E-state index in [-0.39, 0.29) is 0 Å². The Morgan fingerprint density at radius 1 is 0.197 bits per heavy atom. The molecule has 0 aliphatic rings. The van der Waals surface area contributed by atoms with Crippen LogP contribution in [-0.2, 0) is 51.4 Å². The quantitative estimate of drug-likeness (QED) is 0.0281. The lowest BCUT2D eigenvalue weighted by atomic mass is 9.95. The van der Waals surface area contributed by atoms with Crippen LogP contribution in [0, 0.1) is 23.7 Å². The van der Waals surface area contributed by atoms with Crippen LogP contribution in [0.3, 0.4) is 0 Å². The number of benzene rings is 2. The molecule has 4 unspecified atom stereocenters. The first-order valence-electron chi connectivity index (χ1n) is 57.4. The summed E-state index contributed by atoms with van der Waals surface area (Å²) in [6.07, 6.45) is 61.4. The van der Waals surface area contributed by atoms with Gasteiger partial charge in [0.05, 0.1) is 9.75 Å². The van der Waals surface area contributed by atoms with E-state index in [9.17, 15) is 9.59 Å². The average Bonchev–Trinajstić information content (AvgIpc) is 1.56. The van der Waals surface area contributed by atoms with Crippen LogP contribution >= 0.6 is 170 Å². The maximum absolute atomic E-state index is 12.6. The second-order valence-electron chi connectivity index (χ2n) is 42.2. The standard InChI is InChI=1S/C130H160O2S15/c1-13-25-33-37-41-45-53-89-75-97(83-131)137-123(89)109-67-69-111(140-109)125-91(55-47-43-39-35-27-15-3)77-113(142-125)117-81-101-121(107-63-59-95(135-107)73-87(23-11)51-31-19-7)127-99(119(129(101)146-117)105-61-57-93(133-105)71-85(21-9)49-29-17-5)79-115(144-127)103-65-66-104(139-103)116-80-100-120(106-62-58-94(134-106)72-86(22-10)50-30-18-6)130-102(122(128(100)145-116)108-64-60-96(136-108)74-88(24-12)52-32-20-8)82-118(147-130)114-78-92(56-48-44-40-36-28-16-4)126(143-114)112-70-68-110(141-112)124-90(76-98(84-132)138-124)54-46-42-38-34-26-14-2/h57-70,75-88H,13-56,71-74H2,1-12H3. The minimum absolute atomic E-state index is 0.672. The molecule has 15 aromatic heterocycles. The molecule has 17 rings (SSSR count). The molecule has 0 saturated carbocycles. The summed E-state index contributed by atoms with van der Waals surface area (Å²) in [5.74, 6) is 2.69. The molecule has 147 heavy (non-hydrogen) atoms. The first-order valence-corrected chi connectivity index (χ1v) is 69.6. The maximum Gasteiger partial charge on any atom is 0.160 e. The number of hydrogen-bond donors (Lipinski definition) is 0. The summed E-state index contributed by atoms with van der Waals surface area (Å²) in [5.41, 5.74) is 11.4. The molecule has 0 amide bonds. The van der Waals surface area contributed by atoms with Crippen LogP contribution in [0.15, 0.2) is 133 Å². The molecule has 2 nitrogen and oxygen atoms in total. The zero-order chi connectivity index (χ0) is 102. The normalized spacial score (nSPS) is 12.9. The van der Waals surface area contributed by atoms with Gasteiger partial charge < -0.3 is 0 Å². The van der Waals surface area contributed by atoms with Gasteiger partial charge in [-0.3, -0.25) is 9.59 Å². The van der Waals surface area contributed by atoms with Gasteiger partial charge in [0.2, 0.25) is 0 Å². The average molecular weight is 2240 g/mol. The van der Waals surface area contributed by atoms with Crippen LogP contribution in [0.5, 0.6) is 0 Å². The van der Waals surface area contributed by atoms with Gasteiger partial charge in [0.25, 0.3) is 0 Å². The fraction of sp³-hybridized carbons (Fsp3) is 0.492. The minimum Gasteiger partial charge on any atom is -0.297 e. The Hall–Kier alpha value is -5.68. The van der Waals surface area contributed by atoms with Crippen LogP contribution in [0.1, 0.15) is 401 Å². The third-order valence-electron chi connectivity index (χ3n) is 31.1. The molecule has 0 bridgehead atoms. The van der Waals surface area contributed by atoms with Gasteiger partial charge >= 0.3 is 0 Å². The van der Waals surface area contributed by atoms with Crippen molar-refractivity contribution >= 4 is 223 Å². The van der Waals surface area contributed by atoms with Crippen molar-refractivity contribution in [2.75, 3.05) is 0 Å². The van der Waals surface area contributed by atoms with Gasteiger partial charge in [-0.05, 0) is 256 Å². The first-order chi connectivity index (χ1) is 72.2. The third-order valence-corrected chi connectivity index (χ3v) is 49.5. The monoisotopic (exact) mass is 2230 g/mol. The van der Waals surface area contributed by atoms with Gasteiger partial charge in [0.1, 0.15) is 0 Å². The smallest absolute Gasteiger partial charge is 0.160 e. The van der Waals surface area contributed by atoms with Crippen molar-refractivity contribution in [3.8, 4) is 120 Å². The molecule has 17 aromatic rings. The number of carbonyl (C=O) groups is 2. The first kappa shape index (κ1) is 112. The third kappa shape index (κ3) is 28.1. The van der Waals surface area contributed by atoms with Crippen LogP contribution < -0.4 is 0 Å². The Bertz CT molecular complexity index is 6360. The van der Waals surface area contributed by atoms with Crippen molar-refractivity contribution in [1.82, 2.24) is 0 Å². The second-order valence-corrected chi connectivity index (χ2v) is 58.6. The molecule has 0 radical (unpaired) electrons. The highest BCUT2D eigenvalue weighted by Crippen LogP contribution is 2.61. The summed E-state index contributed by atoms with van der Waals surface area (Å²) in [6, 6.07) is 55.3. The Morgan fingerprint density at radius 3 is 0.673 bits per heavy atom. The van der Waals surface area contributed by atoms with E-state index in [0.717, 1.165) is 73.7 Å². The zero-order valence-corrected chi connectivity index (χ0v) is 102. The van der Waals surface area contributed by atoms with Gasteiger partial charge in [0, 0.05) is 180 Å². The molecule has 0 aliphatic heterocycles. The molecular formula is C130H160O2S15. The van der Waals surface area contributed by atoms with Crippen molar-refractivity contribution in [3.05, 3.63) is 185 Å². The molecule has 0 fully saturated rings. The Balaban J connectivity index is 0.821. The summed E-state index contributed by atoms with van der Waals surface area (Å²) in [7, 11) is 0. The maximum atomic E-state index is 12.6. The van der Waals surface area contributed by atoms with Crippen molar-refractivity contribution < 1.29 is 9.59 Å². The van der Waals surface area contributed by atoms with Crippen LogP contribution in [0.25, 0.3) is 160 Å². The molecule has 0 aliphatic carbocycles. The van der Waals surface area contributed by atoms with E-state index in [0.29, 0.717) is 23.7 Å². The Morgan fingerprint density at radius 2 is 0.415 bits per heavy atom. The van der Waals surface area contributed by atoms with E-state index in [4.69, 9.17) is 0 Å². The number of thiophene rings is 15. The van der Waals surface area contributed by atoms with E-state index in [1.807, 2.05) is 56.7 Å². The van der Waals surface area contributed by atoms with E-state index in [2.05, 4.69) is 307 Å². The lowest BCUT2D eigenvalue weighted by molar-refractivity contribution is 0.111. The molecule has 782 valence electrons. The predicted molar refractivity (Wildman–Crippen MR) is 677 cm³/mol. The van der Waals surface area contributed by atoms with Crippen LogP contribution in [-0.4, -0.2) is 12.6 Å². The summed E-state index contributed by atoms with van der Waals surface area (Å²) >= 11 is 30.0. The number of fused-ring (bicyclic) bond motifs is 4. The summed E-state index contributed by atoms with van der Waals surface area (Å²) in [5, 5.41) is 5.61. The zero-order valence-electron chi connectivity index (χ0n) is 90.0. The number of hydrogen-bond acceptors (Lipinski definition) is 17. The van der Waals surface area contributed by atoms with Gasteiger partial charge in [-0.2, -0.15) is 0 Å². The lowest BCUT2D eigenvalue weighted by Gasteiger charge is -2.13. The largest absolute Gasteiger partial charge is 0.297 e. The predicted octanol–water partition coefficient (Wildman–Crippen LogP) is 49.5. The van der Waals surface area contributed by atoms with E-state index >= 15 is 0 Å². The SMILES string of the molecule is CCCCCCCCc1cc(C=O)sc1-c1ccc(-c2sc(-c3cc4c(-c5ccc(CC(CC)CCCC)s5)c5sc(-c6ccc(-c7cc8c(-c9ccc(CC(CC)CCCC)s9)c9sc(-c%10cc(CCCCCCCC)c(-c%11ccc(-c%12sc(C=O)cc%12CCCCCCCC)s%11)s%10)cc9c(-c9ccc(CC(CC)CCCC)s9)c8s7)s6)cc5c(-c5ccc(CC(CC)CCCC)s5)c4s3)cc2CCCCCCCC)s1. The van der Waals surface area contributed by atoms with Crippen molar-refractivity contribution in [1.29, 1.82) is 0 Å². The number of rotatable bonds is 66. The molecular weight excluding hydrogens is 2070 g/mol. The molecule has 0 spiro atoms. The number of carbonyl (C=O) groups excluding carboxylic acids is 2. The fourth-order valence-electron chi connectivity index (χ4n) is 22.2. The lowest BCUT2D eigenvalue weighted by Crippen LogP contribution is -2.01. The molecule has 4 atom stereocenters. The number of aryl methyl sites for hydroxylation is 4. The number of unbranched alkanes of at least 4 members (excludes halogenated alkanes) is 24. The highest BCUT2D eigenvalue weighted by atomic mass is 32.2. The van der Waals surface area contributed by atoms with Crippen molar-refractivity contribution in [2.45, 2.75) is 391 Å². The second kappa shape index (κ2) is 56.6. The topological polar surface area (TPSA) is 34.1 Å². The highest BCUT2D eigenvalue weighted by molar-refractivity contribution is 7.34. The highest BCUT2D eigenvalue weighted by Gasteiger charge is 2.32. The van der Waals surface area contributed by atoms with E-state index in [1.54, 1.807) is 22.7 Å². The number of aldehydes is 2. The Kier molecular flexibility index (Phi) is 43.3. The van der Waals surface area contributed by atoms with Gasteiger partial charge in [0.15, 0.2) is 12.6 Å². The Labute approximate surface area is 942 Å². The fourth-order valence-corrected chi connectivity index (χ4v) is 40.6. The van der Waals surface area contributed by atoms with Gasteiger partial charge in [-0.1, -0.05) is 314 Å². The summed E-state index contributed by atoms with van der Waals surface area (Å²) < 4.78 is 5.69. The molecule has 17 heteroatoms. The van der Waals surface area contributed by atoms with Gasteiger partial charge in [-0.25, -0.2) is 0 Å². The van der Waals surface area contributed by atoms with Crippen LogP contribution in [0.4, 0.5) is 0 Å². The van der Waals surface area contributed by atoms with Gasteiger partial charge in [-0.15, -0.1) is 170 Å².